The number of aliphatic hydroxyl groups is 1. The highest BCUT2D eigenvalue weighted by molar-refractivity contribution is 7.98. The van der Waals surface area contributed by atoms with Crippen LogP contribution in [0.1, 0.15) is 138 Å². The number of carbonyl (C=O) groups excluding carboxylic acids is 1. The Morgan fingerprint density at radius 1 is 1.01 bits per heavy atom. The Bertz CT molecular complexity index is 2650. The van der Waals surface area contributed by atoms with Crippen molar-refractivity contribution in [1.29, 1.82) is 0 Å². The fourth-order valence-corrected chi connectivity index (χ4v) is 12.7. The first-order valence-electron chi connectivity index (χ1n) is 25.8. The lowest BCUT2D eigenvalue weighted by Crippen LogP contribution is -2.54. The van der Waals surface area contributed by atoms with E-state index in [0.29, 0.717) is 52.9 Å². The largest absolute Gasteiger partial charge is 0.489 e. The van der Waals surface area contributed by atoms with Gasteiger partial charge in [-0.15, -0.1) is 0 Å². The predicted molar refractivity (Wildman–Crippen MR) is 275 cm³/mol. The first-order valence-corrected chi connectivity index (χ1v) is 26.6. The molecule has 12 nitrogen and oxygen atoms in total. The predicted octanol–water partition coefficient (Wildman–Crippen LogP) is 11.7. The third-order valence-corrected chi connectivity index (χ3v) is 17.1. The molecular weight excluding hydrogens is 904 g/mol. The number of H-pyrrole nitrogens is 1. The number of likely N-dealkylation sites (tertiary alicyclic amines) is 1. The zero-order valence-corrected chi connectivity index (χ0v) is 42.6. The molecule has 2 saturated carbocycles. The molecule has 2 saturated heterocycles. The number of anilines is 2. The summed E-state index contributed by atoms with van der Waals surface area (Å²) < 4.78 is 42.9. The molecule has 1 amide bonds. The number of fused-ring (bicyclic) bond motifs is 2. The second-order valence-electron chi connectivity index (χ2n) is 21.4. The van der Waals surface area contributed by atoms with E-state index in [1.165, 1.54) is 61.5 Å². The SMILES string of the molecule is CCc1cc(SNC(=O)c2ccc(N3CCC4(CC3)CC(N3CCC[C@H]3c3ccccc3C(C)C)C4)cc2Oc2cc3c(F)c[nH]c3nc2OC[C@@H](C)OC)cc2c1NC(C1CCC(C)(O)CC1)CO2. The van der Waals surface area contributed by atoms with Gasteiger partial charge in [0.15, 0.2) is 5.75 Å². The molecule has 0 bridgehead atoms. The van der Waals surface area contributed by atoms with Crippen molar-refractivity contribution in [2.24, 2.45) is 11.3 Å². The number of methoxy groups -OCH3 is 1. The van der Waals surface area contributed by atoms with Gasteiger partial charge in [0.25, 0.3) is 11.8 Å². The topological polar surface area (TPSA) is 133 Å². The summed E-state index contributed by atoms with van der Waals surface area (Å²) in [7, 11) is 1.61. The van der Waals surface area contributed by atoms with E-state index in [9.17, 15) is 9.90 Å². The third-order valence-electron chi connectivity index (χ3n) is 16.3. The maximum absolute atomic E-state index is 15.1. The summed E-state index contributed by atoms with van der Waals surface area (Å²) in [5.41, 5.74) is 6.47. The number of pyridine rings is 1. The number of carbonyl (C=O) groups is 1. The summed E-state index contributed by atoms with van der Waals surface area (Å²) >= 11 is 1.23. The number of benzene rings is 3. The molecule has 5 aromatic rings. The highest BCUT2D eigenvalue weighted by atomic mass is 32.2. The zero-order valence-electron chi connectivity index (χ0n) is 41.7. The molecule has 14 heteroatoms. The molecule has 70 heavy (non-hydrogen) atoms. The van der Waals surface area contributed by atoms with Gasteiger partial charge in [-0.3, -0.25) is 14.4 Å². The number of nitrogens with zero attached hydrogens (tertiary/aromatic N) is 3. The van der Waals surface area contributed by atoms with Crippen LogP contribution in [0, 0.1) is 17.2 Å². The van der Waals surface area contributed by atoms with Crippen LogP contribution in [0.4, 0.5) is 15.8 Å². The lowest BCUT2D eigenvalue weighted by Gasteiger charge is -2.56. The van der Waals surface area contributed by atoms with E-state index in [1.807, 2.05) is 38.1 Å². The van der Waals surface area contributed by atoms with Gasteiger partial charge in [-0.2, -0.15) is 4.98 Å². The molecule has 2 aliphatic carbocycles. The minimum atomic E-state index is -0.588. The zero-order chi connectivity index (χ0) is 48.7. The highest BCUT2D eigenvalue weighted by Gasteiger charge is 2.50. The lowest BCUT2D eigenvalue weighted by atomic mass is 9.59. The van der Waals surface area contributed by atoms with Crippen LogP contribution in [0.2, 0.25) is 0 Å². The number of amides is 1. The molecule has 4 N–H and O–H groups in total. The van der Waals surface area contributed by atoms with E-state index in [2.05, 4.69) is 80.9 Å². The number of piperidine rings is 1. The van der Waals surface area contributed by atoms with Crippen molar-refractivity contribution in [2.75, 3.05) is 50.2 Å². The fourth-order valence-electron chi connectivity index (χ4n) is 12.0. The quantitative estimate of drug-likeness (QED) is 0.0747. The molecule has 0 radical (unpaired) electrons. The number of halogens is 1. The normalized spacial score (nSPS) is 24.0. The Kier molecular flexibility index (Phi) is 14.1. The molecule has 1 unspecified atom stereocenters. The van der Waals surface area contributed by atoms with Crippen LogP contribution in [0.25, 0.3) is 11.0 Å². The number of aryl methyl sites for hydroxylation is 1. The molecule has 10 rings (SSSR count). The Morgan fingerprint density at radius 2 is 1.80 bits per heavy atom. The fraction of sp³-hybridized carbons (Fsp3) is 0.536. The molecule has 3 atom stereocenters. The molecule has 5 aliphatic rings. The van der Waals surface area contributed by atoms with E-state index < -0.39 is 11.4 Å². The average molecular weight is 975 g/mol. The van der Waals surface area contributed by atoms with E-state index in [0.717, 1.165) is 85.6 Å². The molecule has 1 spiro atoms. The summed E-state index contributed by atoms with van der Waals surface area (Å²) in [6.45, 7) is 14.3. The number of nitrogens with one attached hydrogen (secondary N) is 3. The van der Waals surface area contributed by atoms with Gasteiger partial charge in [0.1, 0.15) is 36.2 Å². The maximum atomic E-state index is 15.1. The molecule has 2 aromatic heterocycles. The van der Waals surface area contributed by atoms with Crippen molar-refractivity contribution in [3.63, 3.8) is 0 Å². The maximum Gasteiger partial charge on any atom is 0.265 e. The number of hydrogen-bond acceptors (Lipinski definition) is 11. The van der Waals surface area contributed by atoms with Crippen molar-refractivity contribution >= 4 is 40.3 Å². The monoisotopic (exact) mass is 975 g/mol. The van der Waals surface area contributed by atoms with E-state index in [4.69, 9.17) is 18.9 Å². The van der Waals surface area contributed by atoms with Gasteiger partial charge in [0.05, 0.1) is 34.4 Å². The van der Waals surface area contributed by atoms with Crippen molar-refractivity contribution in [3.05, 3.63) is 94.9 Å². The summed E-state index contributed by atoms with van der Waals surface area (Å²) in [6, 6.07) is 21.8. The van der Waals surface area contributed by atoms with Crippen molar-refractivity contribution < 1.29 is 33.2 Å². The summed E-state index contributed by atoms with van der Waals surface area (Å²) in [5, 5.41) is 14.6. The average Bonchev–Trinajstić information content (AvgIpc) is 3.99. The molecule has 3 aromatic carbocycles. The second-order valence-corrected chi connectivity index (χ2v) is 22.3. The Hall–Kier alpha value is -5.02. The van der Waals surface area contributed by atoms with Gasteiger partial charge < -0.3 is 39.3 Å². The minimum absolute atomic E-state index is 0.157. The van der Waals surface area contributed by atoms with Gasteiger partial charge in [-0.05, 0) is 161 Å². The van der Waals surface area contributed by atoms with E-state index in [-0.39, 0.29) is 41.7 Å². The summed E-state index contributed by atoms with van der Waals surface area (Å²) in [5.74, 6) is 1.55. The summed E-state index contributed by atoms with van der Waals surface area (Å²) in [6.07, 6.45) is 12.5. The van der Waals surface area contributed by atoms with E-state index >= 15 is 4.39 Å². The second kappa shape index (κ2) is 20.2. The number of hydrogen-bond donors (Lipinski definition) is 4. The van der Waals surface area contributed by atoms with Crippen molar-refractivity contribution in [2.45, 2.75) is 146 Å². The van der Waals surface area contributed by atoms with Crippen LogP contribution in [0.3, 0.4) is 0 Å². The van der Waals surface area contributed by atoms with Crippen LogP contribution in [0.5, 0.6) is 23.1 Å². The minimum Gasteiger partial charge on any atom is -0.489 e. The first-order chi connectivity index (χ1) is 33.8. The van der Waals surface area contributed by atoms with Gasteiger partial charge in [0.2, 0.25) is 0 Å². The van der Waals surface area contributed by atoms with Gasteiger partial charge in [0, 0.05) is 61.2 Å². The summed E-state index contributed by atoms with van der Waals surface area (Å²) in [4.78, 5) is 28.0. The molecule has 3 aliphatic heterocycles. The van der Waals surface area contributed by atoms with Crippen molar-refractivity contribution in [3.8, 4) is 23.1 Å². The van der Waals surface area contributed by atoms with Crippen LogP contribution < -0.4 is 29.1 Å². The smallest absolute Gasteiger partial charge is 0.265 e. The Morgan fingerprint density at radius 3 is 2.56 bits per heavy atom. The van der Waals surface area contributed by atoms with Crippen LogP contribution in [-0.4, -0.2) is 89.6 Å². The van der Waals surface area contributed by atoms with Crippen molar-refractivity contribution in [1.82, 2.24) is 19.6 Å². The number of aromatic nitrogens is 2. The standard InChI is InChI=1S/C56H71FN6O6S/c1-7-36-25-40(27-49-51(36)59-46(33-67-49)37-16-18-55(5,65)19-17-37)70-61-53(64)43-15-14-38(26-48(43)69-50-28-44-45(57)31-58-52(44)60-54(50)68-32-35(4)66-6)62-23-20-56(21-24-62)29-39(30-56)63-22-10-13-47(63)42-12-9-8-11-41(42)34(2)3/h8-9,11-12,14-15,25-28,31,34-35,37,39,46-47,59,65H,7,10,13,16-24,29-30,32-33H2,1-6H3,(H,58,60)(H,61,64)/t35-,37?,46?,47+,55?/m1/s1. The molecule has 5 heterocycles. The third kappa shape index (κ3) is 10.1. The number of rotatable bonds is 15. The van der Waals surface area contributed by atoms with Crippen LogP contribution in [0.15, 0.2) is 71.8 Å². The van der Waals surface area contributed by atoms with Gasteiger partial charge >= 0.3 is 0 Å². The molecular formula is C56H71FN6O6S. The first kappa shape index (κ1) is 48.6. The van der Waals surface area contributed by atoms with Crippen LogP contribution in [-0.2, 0) is 11.2 Å². The number of aromatic amines is 1. The molecule has 4 fully saturated rings. The van der Waals surface area contributed by atoms with Gasteiger partial charge in [-0.25, -0.2) is 4.39 Å². The Labute approximate surface area is 416 Å². The van der Waals surface area contributed by atoms with E-state index in [1.54, 1.807) is 13.2 Å². The highest BCUT2D eigenvalue weighted by Crippen LogP contribution is 2.54. The molecule has 374 valence electrons. The van der Waals surface area contributed by atoms with Gasteiger partial charge in [-0.1, -0.05) is 45.0 Å². The van der Waals surface area contributed by atoms with Crippen LogP contribution >= 0.6 is 11.9 Å². The Balaban J connectivity index is 0.866. The lowest BCUT2D eigenvalue weighted by molar-refractivity contribution is -0.0227. The number of ether oxygens (including phenoxy) is 4.